The van der Waals surface area contributed by atoms with Crippen LogP contribution in [0.25, 0.3) is 0 Å². The molecular weight excluding hydrogens is 634 g/mol. The first-order valence-corrected chi connectivity index (χ1v) is 17.7. The Bertz CT molecular complexity index is 1730. The maximum absolute atomic E-state index is 14.6. The molecule has 0 heterocycles. The Morgan fingerprint density at radius 3 is 2.13 bits per heavy atom. The minimum absolute atomic E-state index is 0.00669. The van der Waals surface area contributed by atoms with Crippen molar-refractivity contribution in [2.75, 3.05) is 18.0 Å². The number of nitrogens with zero attached hydrogens (tertiary/aromatic N) is 2. The zero-order valence-electron chi connectivity index (χ0n) is 26.4. The molecule has 246 valence electrons. The Balaban J connectivity index is 1.54. The van der Waals surface area contributed by atoms with Gasteiger partial charge in [0.15, 0.2) is 0 Å². The van der Waals surface area contributed by atoms with Gasteiger partial charge in [0.05, 0.1) is 17.7 Å². The van der Waals surface area contributed by atoms with Gasteiger partial charge in [-0.15, -0.1) is 0 Å². The highest BCUT2D eigenvalue weighted by Crippen LogP contribution is 2.27. The molecule has 0 saturated heterocycles. The molecule has 10 heteroatoms. The number of hydrogen-bond acceptors (Lipinski definition) is 5. The number of ether oxygens (including phenoxy) is 1. The van der Waals surface area contributed by atoms with Crippen LogP contribution in [0.2, 0.25) is 5.02 Å². The monoisotopic (exact) mass is 673 g/mol. The van der Waals surface area contributed by atoms with E-state index in [2.05, 4.69) is 5.32 Å². The Kier molecular flexibility index (Phi) is 11.6. The van der Waals surface area contributed by atoms with Crippen LogP contribution in [0.4, 0.5) is 5.69 Å². The van der Waals surface area contributed by atoms with Crippen LogP contribution in [0.1, 0.15) is 43.2 Å². The Morgan fingerprint density at radius 1 is 0.851 bits per heavy atom. The predicted molar refractivity (Wildman–Crippen MR) is 185 cm³/mol. The first-order chi connectivity index (χ1) is 22.7. The zero-order chi connectivity index (χ0) is 33.2. The van der Waals surface area contributed by atoms with E-state index in [9.17, 15) is 18.0 Å². The second-order valence-corrected chi connectivity index (χ2v) is 14.0. The Morgan fingerprint density at radius 2 is 1.49 bits per heavy atom. The fraction of sp³-hybridized carbons (Fsp3) is 0.297. The lowest BCUT2D eigenvalue weighted by Crippen LogP contribution is -2.55. The van der Waals surface area contributed by atoms with Crippen molar-refractivity contribution in [3.8, 4) is 5.75 Å². The summed E-state index contributed by atoms with van der Waals surface area (Å²) in [7, 11) is -2.70. The van der Waals surface area contributed by atoms with Crippen LogP contribution in [0.5, 0.6) is 5.75 Å². The van der Waals surface area contributed by atoms with Crippen molar-refractivity contribution in [3.63, 3.8) is 0 Å². The topological polar surface area (TPSA) is 96.0 Å². The highest BCUT2D eigenvalue weighted by atomic mass is 35.5. The quantitative estimate of drug-likeness (QED) is 0.172. The van der Waals surface area contributed by atoms with Gasteiger partial charge >= 0.3 is 0 Å². The second-order valence-electron chi connectivity index (χ2n) is 11.7. The van der Waals surface area contributed by atoms with E-state index in [0.717, 1.165) is 47.5 Å². The lowest BCUT2D eigenvalue weighted by atomic mass is 9.94. The maximum atomic E-state index is 14.6. The summed E-state index contributed by atoms with van der Waals surface area (Å²) in [4.78, 5) is 30.3. The number of rotatable bonds is 13. The maximum Gasteiger partial charge on any atom is 0.264 e. The summed E-state index contributed by atoms with van der Waals surface area (Å²) in [6.45, 7) is -0.471. The third-order valence-corrected chi connectivity index (χ3v) is 10.5. The molecular formula is C37H40ClN3O5S. The molecule has 1 aliphatic carbocycles. The van der Waals surface area contributed by atoms with Crippen molar-refractivity contribution in [2.24, 2.45) is 0 Å². The number of halogens is 1. The van der Waals surface area contributed by atoms with E-state index in [-0.39, 0.29) is 29.8 Å². The molecule has 4 aromatic rings. The fourth-order valence-corrected chi connectivity index (χ4v) is 7.56. The van der Waals surface area contributed by atoms with Gasteiger partial charge in [-0.1, -0.05) is 91.5 Å². The molecule has 0 bridgehead atoms. The van der Waals surface area contributed by atoms with Crippen molar-refractivity contribution in [1.82, 2.24) is 10.2 Å². The molecule has 0 aromatic heterocycles. The molecule has 0 spiro atoms. The normalized spacial score (nSPS) is 14.2. The number of anilines is 1. The molecule has 1 aliphatic rings. The number of amides is 2. The van der Waals surface area contributed by atoms with E-state index in [4.69, 9.17) is 16.3 Å². The van der Waals surface area contributed by atoms with Gasteiger partial charge in [-0.3, -0.25) is 13.9 Å². The molecule has 0 unspecified atom stereocenters. The highest BCUT2D eigenvalue weighted by Gasteiger charge is 2.35. The summed E-state index contributed by atoms with van der Waals surface area (Å²) in [6, 6.07) is 30.3. The number of carbonyl (C=O) groups excluding carboxylic acids is 2. The van der Waals surface area contributed by atoms with Gasteiger partial charge in [0.25, 0.3) is 10.0 Å². The second kappa shape index (κ2) is 16.0. The molecule has 1 atom stereocenters. The van der Waals surface area contributed by atoms with Gasteiger partial charge in [0.1, 0.15) is 18.3 Å². The summed E-state index contributed by atoms with van der Waals surface area (Å²) in [5.74, 6) is -0.280. The van der Waals surface area contributed by atoms with E-state index in [0.29, 0.717) is 16.5 Å². The SMILES string of the molecule is COc1ccc(S(=O)(=O)N(CC(=O)N(Cc2cccc(Cl)c2)[C@H](Cc2ccccc2)C(=O)NC2CCCCC2)c2ccccc2)cc1. The summed E-state index contributed by atoms with van der Waals surface area (Å²) < 4.78 is 34.7. The van der Waals surface area contributed by atoms with Gasteiger partial charge in [-0.05, 0) is 72.5 Å². The molecule has 4 aromatic carbocycles. The van der Waals surface area contributed by atoms with Crippen LogP contribution in [-0.4, -0.2) is 50.9 Å². The average molecular weight is 674 g/mol. The lowest BCUT2D eigenvalue weighted by Gasteiger charge is -2.35. The summed E-state index contributed by atoms with van der Waals surface area (Å²) in [5.41, 5.74) is 1.93. The minimum Gasteiger partial charge on any atom is -0.497 e. The summed E-state index contributed by atoms with van der Waals surface area (Å²) in [5, 5.41) is 3.72. The number of carbonyl (C=O) groups is 2. The summed E-state index contributed by atoms with van der Waals surface area (Å²) in [6.07, 6.45) is 5.23. The number of methoxy groups -OCH3 is 1. The van der Waals surface area contributed by atoms with Crippen molar-refractivity contribution in [3.05, 3.63) is 125 Å². The zero-order valence-corrected chi connectivity index (χ0v) is 28.0. The molecule has 0 radical (unpaired) electrons. The van der Waals surface area contributed by atoms with E-state index in [1.165, 1.54) is 24.1 Å². The van der Waals surface area contributed by atoms with E-state index < -0.39 is 28.5 Å². The lowest BCUT2D eigenvalue weighted by molar-refractivity contribution is -0.140. The third-order valence-electron chi connectivity index (χ3n) is 8.44. The number of nitrogens with one attached hydrogen (secondary N) is 1. The number of benzene rings is 4. The van der Waals surface area contributed by atoms with Crippen molar-refractivity contribution in [1.29, 1.82) is 0 Å². The van der Waals surface area contributed by atoms with Crippen molar-refractivity contribution < 1.29 is 22.7 Å². The Labute approximate surface area is 282 Å². The van der Waals surface area contributed by atoms with Crippen LogP contribution in [0.15, 0.2) is 114 Å². The molecule has 8 nitrogen and oxygen atoms in total. The molecule has 0 aliphatic heterocycles. The highest BCUT2D eigenvalue weighted by molar-refractivity contribution is 7.92. The number of hydrogen-bond donors (Lipinski definition) is 1. The average Bonchev–Trinajstić information content (AvgIpc) is 3.10. The molecule has 47 heavy (non-hydrogen) atoms. The van der Waals surface area contributed by atoms with Gasteiger partial charge in [0.2, 0.25) is 11.8 Å². The van der Waals surface area contributed by atoms with Crippen LogP contribution >= 0.6 is 11.6 Å². The van der Waals surface area contributed by atoms with E-state index in [1.807, 2.05) is 36.4 Å². The van der Waals surface area contributed by atoms with Crippen LogP contribution < -0.4 is 14.4 Å². The summed E-state index contributed by atoms with van der Waals surface area (Å²) >= 11 is 6.34. The Hall–Kier alpha value is -4.34. The van der Waals surface area contributed by atoms with Crippen LogP contribution in [0.3, 0.4) is 0 Å². The van der Waals surface area contributed by atoms with Gasteiger partial charge in [-0.2, -0.15) is 0 Å². The number of para-hydroxylation sites is 1. The smallest absolute Gasteiger partial charge is 0.264 e. The molecule has 1 N–H and O–H groups in total. The first kappa shape index (κ1) is 34.0. The van der Waals surface area contributed by atoms with Crippen molar-refractivity contribution >= 4 is 39.1 Å². The minimum atomic E-state index is -4.21. The van der Waals surface area contributed by atoms with Gasteiger partial charge in [0, 0.05) is 24.0 Å². The van der Waals surface area contributed by atoms with Gasteiger partial charge in [-0.25, -0.2) is 8.42 Å². The van der Waals surface area contributed by atoms with Gasteiger partial charge < -0.3 is 15.0 Å². The first-order valence-electron chi connectivity index (χ1n) is 15.8. The number of sulfonamides is 1. The molecule has 1 fully saturated rings. The largest absolute Gasteiger partial charge is 0.497 e. The van der Waals surface area contributed by atoms with Crippen LogP contribution in [-0.2, 0) is 32.6 Å². The molecule has 5 rings (SSSR count). The molecule has 1 saturated carbocycles. The van der Waals surface area contributed by atoms with E-state index >= 15 is 0 Å². The van der Waals surface area contributed by atoms with Crippen molar-refractivity contribution in [2.45, 2.75) is 62.0 Å². The van der Waals surface area contributed by atoms with E-state index in [1.54, 1.807) is 60.7 Å². The third kappa shape index (κ3) is 8.93. The fourth-order valence-electron chi connectivity index (χ4n) is 5.93. The predicted octanol–water partition coefficient (Wildman–Crippen LogP) is 6.63. The van der Waals surface area contributed by atoms with Crippen LogP contribution in [0, 0.1) is 0 Å². The molecule has 2 amide bonds. The standard InChI is InChI=1S/C37H40ClN3O5S/c1-46-33-20-22-34(23-21-33)47(44,45)41(32-18-9-4-10-19-32)27-36(42)40(26-29-14-11-15-30(38)24-29)35(25-28-12-5-2-6-13-28)37(43)39-31-16-7-3-8-17-31/h2,4-6,9-15,18-24,31,35H,3,7-8,16-17,25-27H2,1H3,(H,39,43)/t35-/m1/s1.